The van der Waals surface area contributed by atoms with Crippen molar-refractivity contribution in [2.24, 2.45) is 0 Å². The first-order valence-electron chi connectivity index (χ1n) is 7.12. The molecule has 1 N–H and O–H groups in total. The molecule has 0 bridgehead atoms. The minimum Gasteiger partial charge on any atom is -0.353 e. The molecule has 0 aromatic carbocycles. The standard InChI is InChI=1S/C15H18N4O/c1-10(20)17-13-5-6-19(9-13)15-12(8-16)7-11-3-2-4-14(11)18-15/h7,13H,2-6,9H2,1H3,(H,17,20). The first-order chi connectivity index (χ1) is 9.67. The number of aromatic nitrogens is 1. The Morgan fingerprint density at radius 2 is 2.40 bits per heavy atom. The molecule has 1 aromatic heterocycles. The number of fused-ring (bicyclic) bond motifs is 1. The Hall–Kier alpha value is -2.09. The van der Waals surface area contributed by atoms with Crippen molar-refractivity contribution < 1.29 is 4.79 Å². The van der Waals surface area contributed by atoms with Gasteiger partial charge in [-0.05, 0) is 37.3 Å². The molecule has 1 saturated heterocycles. The maximum atomic E-state index is 11.1. The SMILES string of the molecule is CC(=O)NC1CCN(c2nc3c(cc2C#N)CCC3)C1. The largest absolute Gasteiger partial charge is 0.353 e. The van der Waals surface area contributed by atoms with E-state index in [1.807, 2.05) is 6.07 Å². The molecule has 0 radical (unpaired) electrons. The third-order valence-corrected chi connectivity index (χ3v) is 4.05. The van der Waals surface area contributed by atoms with Gasteiger partial charge in [-0.1, -0.05) is 0 Å². The molecule has 1 amide bonds. The number of rotatable bonds is 2. The zero-order chi connectivity index (χ0) is 14.1. The summed E-state index contributed by atoms with van der Waals surface area (Å²) in [5.74, 6) is 0.792. The molecular weight excluding hydrogens is 252 g/mol. The lowest BCUT2D eigenvalue weighted by molar-refractivity contribution is -0.119. The molecule has 1 aromatic rings. The summed E-state index contributed by atoms with van der Waals surface area (Å²) in [6.07, 6.45) is 4.08. The van der Waals surface area contributed by atoms with Gasteiger partial charge in [0.1, 0.15) is 11.9 Å². The predicted octanol–water partition coefficient (Wildman–Crippen LogP) is 1.16. The second-order valence-corrected chi connectivity index (χ2v) is 5.56. The highest BCUT2D eigenvalue weighted by Crippen LogP contribution is 2.28. The van der Waals surface area contributed by atoms with Gasteiger partial charge in [-0.15, -0.1) is 0 Å². The molecule has 5 heteroatoms. The highest BCUT2D eigenvalue weighted by Gasteiger charge is 2.27. The first-order valence-corrected chi connectivity index (χ1v) is 7.12. The fourth-order valence-electron chi connectivity index (χ4n) is 3.14. The molecular formula is C15H18N4O. The van der Waals surface area contributed by atoms with Crippen LogP contribution in [0.15, 0.2) is 6.07 Å². The Bertz CT molecular complexity index is 590. The Kier molecular flexibility index (Phi) is 3.31. The van der Waals surface area contributed by atoms with E-state index in [0.29, 0.717) is 5.56 Å². The van der Waals surface area contributed by atoms with Crippen LogP contribution in [0.5, 0.6) is 0 Å². The van der Waals surface area contributed by atoms with Crippen molar-refractivity contribution in [1.82, 2.24) is 10.3 Å². The number of nitriles is 1. The molecule has 1 aliphatic heterocycles. The molecule has 1 atom stereocenters. The Labute approximate surface area is 118 Å². The van der Waals surface area contributed by atoms with E-state index in [1.54, 1.807) is 0 Å². The van der Waals surface area contributed by atoms with E-state index in [4.69, 9.17) is 4.98 Å². The maximum absolute atomic E-state index is 11.1. The topological polar surface area (TPSA) is 69.0 Å². The summed E-state index contributed by atoms with van der Waals surface area (Å²) in [7, 11) is 0. The van der Waals surface area contributed by atoms with Gasteiger partial charge in [-0.25, -0.2) is 4.98 Å². The number of amides is 1. The molecule has 1 fully saturated rings. The average Bonchev–Trinajstić information content (AvgIpc) is 3.04. The number of aryl methyl sites for hydroxylation is 2. The van der Waals surface area contributed by atoms with Crippen LogP contribution >= 0.6 is 0 Å². The van der Waals surface area contributed by atoms with Crippen LogP contribution in [-0.2, 0) is 17.6 Å². The Morgan fingerprint density at radius 3 is 3.15 bits per heavy atom. The van der Waals surface area contributed by atoms with Crippen LogP contribution in [0.2, 0.25) is 0 Å². The average molecular weight is 270 g/mol. The molecule has 1 unspecified atom stereocenters. The summed E-state index contributed by atoms with van der Waals surface area (Å²) in [5.41, 5.74) is 3.03. The second kappa shape index (κ2) is 5.12. The van der Waals surface area contributed by atoms with E-state index in [2.05, 4.69) is 16.3 Å². The summed E-state index contributed by atoms with van der Waals surface area (Å²) in [6, 6.07) is 4.42. The molecule has 0 saturated carbocycles. The van der Waals surface area contributed by atoms with Gasteiger partial charge < -0.3 is 10.2 Å². The number of carbonyl (C=O) groups excluding carboxylic acids is 1. The van der Waals surface area contributed by atoms with Crippen LogP contribution in [0, 0.1) is 11.3 Å². The third kappa shape index (κ3) is 2.34. The quantitative estimate of drug-likeness (QED) is 0.875. The van der Waals surface area contributed by atoms with Gasteiger partial charge in [0.05, 0.1) is 5.56 Å². The third-order valence-electron chi connectivity index (χ3n) is 4.05. The molecule has 2 aliphatic rings. The Morgan fingerprint density at radius 1 is 1.55 bits per heavy atom. The molecule has 2 heterocycles. The zero-order valence-corrected chi connectivity index (χ0v) is 11.6. The smallest absolute Gasteiger partial charge is 0.217 e. The summed E-state index contributed by atoms with van der Waals surface area (Å²) >= 11 is 0. The Balaban J connectivity index is 1.84. The lowest BCUT2D eigenvalue weighted by atomic mass is 10.1. The summed E-state index contributed by atoms with van der Waals surface area (Å²) in [4.78, 5) is 18.0. The molecule has 104 valence electrons. The number of nitrogens with zero attached hydrogens (tertiary/aromatic N) is 3. The first kappa shape index (κ1) is 12.9. The number of hydrogen-bond donors (Lipinski definition) is 1. The maximum Gasteiger partial charge on any atom is 0.217 e. The van der Waals surface area contributed by atoms with Gasteiger partial charge in [0.2, 0.25) is 5.91 Å². The van der Waals surface area contributed by atoms with Gasteiger partial charge in [-0.3, -0.25) is 4.79 Å². The van der Waals surface area contributed by atoms with Crippen LogP contribution in [0.4, 0.5) is 5.82 Å². The van der Waals surface area contributed by atoms with Gasteiger partial charge in [-0.2, -0.15) is 5.26 Å². The lowest BCUT2D eigenvalue weighted by Gasteiger charge is -2.20. The molecule has 3 rings (SSSR count). The number of carbonyl (C=O) groups is 1. The molecule has 5 nitrogen and oxygen atoms in total. The van der Waals surface area contributed by atoms with Crippen molar-refractivity contribution >= 4 is 11.7 Å². The minimum atomic E-state index is -0.000677. The van der Waals surface area contributed by atoms with Crippen LogP contribution in [0.25, 0.3) is 0 Å². The van der Waals surface area contributed by atoms with Crippen LogP contribution < -0.4 is 10.2 Å². The van der Waals surface area contributed by atoms with Crippen molar-refractivity contribution in [3.8, 4) is 6.07 Å². The van der Waals surface area contributed by atoms with Crippen molar-refractivity contribution in [3.63, 3.8) is 0 Å². The fraction of sp³-hybridized carbons (Fsp3) is 0.533. The van der Waals surface area contributed by atoms with Crippen molar-refractivity contribution in [3.05, 3.63) is 22.9 Å². The van der Waals surface area contributed by atoms with E-state index in [1.165, 1.54) is 12.5 Å². The van der Waals surface area contributed by atoms with E-state index in [0.717, 1.165) is 50.3 Å². The van der Waals surface area contributed by atoms with Crippen molar-refractivity contribution in [2.45, 2.75) is 38.6 Å². The number of hydrogen-bond acceptors (Lipinski definition) is 4. The van der Waals surface area contributed by atoms with E-state index < -0.39 is 0 Å². The minimum absolute atomic E-state index is 0.000677. The van der Waals surface area contributed by atoms with Crippen LogP contribution in [-0.4, -0.2) is 30.0 Å². The second-order valence-electron chi connectivity index (χ2n) is 5.56. The van der Waals surface area contributed by atoms with E-state index in [9.17, 15) is 10.1 Å². The fourth-order valence-corrected chi connectivity index (χ4v) is 3.14. The zero-order valence-electron chi connectivity index (χ0n) is 11.6. The number of pyridine rings is 1. The monoisotopic (exact) mass is 270 g/mol. The number of anilines is 1. The predicted molar refractivity (Wildman–Crippen MR) is 75.4 cm³/mol. The normalized spacial score (nSPS) is 20.6. The summed E-state index contributed by atoms with van der Waals surface area (Å²) in [5, 5.41) is 12.3. The van der Waals surface area contributed by atoms with Crippen LogP contribution in [0.1, 0.15) is 36.6 Å². The highest BCUT2D eigenvalue weighted by molar-refractivity contribution is 5.73. The van der Waals surface area contributed by atoms with Crippen molar-refractivity contribution in [2.75, 3.05) is 18.0 Å². The van der Waals surface area contributed by atoms with E-state index in [-0.39, 0.29) is 11.9 Å². The van der Waals surface area contributed by atoms with Gasteiger partial charge >= 0.3 is 0 Å². The summed E-state index contributed by atoms with van der Waals surface area (Å²) in [6.45, 7) is 3.11. The van der Waals surface area contributed by atoms with Gasteiger partial charge in [0.25, 0.3) is 0 Å². The molecule has 0 spiro atoms. The number of nitrogens with one attached hydrogen (secondary N) is 1. The lowest BCUT2D eigenvalue weighted by Crippen LogP contribution is -2.35. The summed E-state index contributed by atoms with van der Waals surface area (Å²) < 4.78 is 0. The van der Waals surface area contributed by atoms with Gasteiger partial charge in [0.15, 0.2) is 0 Å². The molecule has 20 heavy (non-hydrogen) atoms. The van der Waals surface area contributed by atoms with E-state index >= 15 is 0 Å². The molecule has 1 aliphatic carbocycles. The van der Waals surface area contributed by atoms with Gasteiger partial charge in [0, 0.05) is 31.7 Å². The highest BCUT2D eigenvalue weighted by atomic mass is 16.1. The van der Waals surface area contributed by atoms with Crippen LogP contribution in [0.3, 0.4) is 0 Å². The van der Waals surface area contributed by atoms with Crippen molar-refractivity contribution in [1.29, 1.82) is 5.26 Å².